The Bertz CT molecular complexity index is 731. The van der Waals surface area contributed by atoms with Crippen LogP contribution in [0.4, 0.5) is 5.69 Å². The highest BCUT2D eigenvalue weighted by Gasteiger charge is 2.19. The molecule has 0 radical (unpaired) electrons. The second-order valence-corrected chi connectivity index (χ2v) is 7.37. The summed E-state index contributed by atoms with van der Waals surface area (Å²) < 4.78 is 0. The van der Waals surface area contributed by atoms with Crippen LogP contribution in [0.15, 0.2) is 48.5 Å². The molecule has 2 aromatic rings. The maximum atomic E-state index is 12.3. The Hall–Kier alpha value is -1.59. The first-order chi connectivity index (χ1) is 12.6. The molecular formula is C20H23Cl2N3O. The van der Waals surface area contributed by atoms with Crippen LogP contribution in [0.25, 0.3) is 0 Å². The average Bonchev–Trinajstić information content (AvgIpc) is 2.65. The molecule has 0 bridgehead atoms. The van der Waals surface area contributed by atoms with Crippen LogP contribution in [-0.2, 0) is 11.2 Å². The number of nitrogens with one attached hydrogen (secondary N) is 1. The van der Waals surface area contributed by atoms with Gasteiger partial charge in [-0.25, -0.2) is 0 Å². The third-order valence-corrected chi connectivity index (χ3v) is 5.16. The van der Waals surface area contributed by atoms with E-state index < -0.39 is 0 Å². The molecule has 1 N–H and O–H groups in total. The van der Waals surface area contributed by atoms with Crippen molar-refractivity contribution in [3.05, 3.63) is 64.1 Å². The van der Waals surface area contributed by atoms with Crippen molar-refractivity contribution >= 4 is 34.8 Å². The predicted molar refractivity (Wildman–Crippen MR) is 108 cm³/mol. The SMILES string of the molecule is O=C(CN1CCN(CCc2ccccc2)CC1)Nc1cc(Cl)ccc1Cl. The van der Waals surface area contributed by atoms with E-state index >= 15 is 0 Å². The Labute approximate surface area is 164 Å². The van der Waals surface area contributed by atoms with Gasteiger partial charge in [-0.1, -0.05) is 53.5 Å². The third-order valence-electron chi connectivity index (χ3n) is 4.59. The van der Waals surface area contributed by atoms with E-state index in [2.05, 4.69) is 39.4 Å². The molecule has 0 spiro atoms. The number of nitrogens with zero attached hydrogens (tertiary/aromatic N) is 2. The van der Waals surface area contributed by atoms with Crippen molar-refractivity contribution in [2.75, 3.05) is 44.6 Å². The van der Waals surface area contributed by atoms with E-state index in [4.69, 9.17) is 23.2 Å². The highest BCUT2D eigenvalue weighted by atomic mass is 35.5. The number of rotatable bonds is 6. The minimum atomic E-state index is -0.0631. The van der Waals surface area contributed by atoms with Crippen molar-refractivity contribution in [2.45, 2.75) is 6.42 Å². The van der Waals surface area contributed by atoms with Crippen LogP contribution >= 0.6 is 23.2 Å². The Morgan fingerprint density at radius 1 is 0.962 bits per heavy atom. The minimum absolute atomic E-state index is 0.0631. The summed E-state index contributed by atoms with van der Waals surface area (Å²) in [5, 5.41) is 3.89. The molecule has 1 heterocycles. The summed E-state index contributed by atoms with van der Waals surface area (Å²) in [5.74, 6) is -0.0631. The molecule has 1 amide bonds. The number of anilines is 1. The number of hydrogen-bond acceptors (Lipinski definition) is 3. The van der Waals surface area contributed by atoms with Gasteiger partial charge in [0.2, 0.25) is 5.91 Å². The summed E-state index contributed by atoms with van der Waals surface area (Å²) in [7, 11) is 0. The first-order valence-electron chi connectivity index (χ1n) is 8.84. The molecule has 1 saturated heterocycles. The Morgan fingerprint density at radius 2 is 1.65 bits per heavy atom. The lowest BCUT2D eigenvalue weighted by Crippen LogP contribution is -2.49. The first kappa shape index (κ1) is 19.2. The molecule has 3 rings (SSSR count). The van der Waals surface area contributed by atoms with E-state index in [1.807, 2.05) is 6.07 Å². The van der Waals surface area contributed by atoms with Gasteiger partial charge in [-0.05, 0) is 30.2 Å². The fourth-order valence-corrected chi connectivity index (χ4v) is 3.43. The van der Waals surface area contributed by atoms with Gasteiger partial charge < -0.3 is 10.2 Å². The zero-order valence-electron chi connectivity index (χ0n) is 14.6. The summed E-state index contributed by atoms with van der Waals surface area (Å²) in [4.78, 5) is 16.9. The molecule has 0 unspecified atom stereocenters. The van der Waals surface area contributed by atoms with E-state index in [9.17, 15) is 4.79 Å². The van der Waals surface area contributed by atoms with Gasteiger partial charge in [0.05, 0.1) is 17.3 Å². The van der Waals surface area contributed by atoms with Crippen molar-refractivity contribution in [3.8, 4) is 0 Å². The number of carbonyl (C=O) groups is 1. The first-order valence-corrected chi connectivity index (χ1v) is 9.59. The van der Waals surface area contributed by atoms with Gasteiger partial charge in [-0.3, -0.25) is 9.69 Å². The summed E-state index contributed by atoms with van der Waals surface area (Å²) in [6.07, 6.45) is 1.06. The number of hydrogen-bond donors (Lipinski definition) is 1. The van der Waals surface area contributed by atoms with Crippen LogP contribution in [0.3, 0.4) is 0 Å². The molecule has 0 saturated carbocycles. The van der Waals surface area contributed by atoms with Gasteiger partial charge in [-0.2, -0.15) is 0 Å². The number of carbonyl (C=O) groups excluding carboxylic acids is 1. The van der Waals surface area contributed by atoms with E-state index in [-0.39, 0.29) is 5.91 Å². The number of halogens is 2. The standard InChI is InChI=1S/C20H23Cl2N3O/c21-17-6-7-18(22)19(14-17)23-20(26)15-25-12-10-24(11-13-25)9-8-16-4-2-1-3-5-16/h1-7,14H,8-13,15H2,(H,23,26). The predicted octanol–water partition coefficient (Wildman–Crippen LogP) is 3.79. The maximum Gasteiger partial charge on any atom is 0.238 e. The Kier molecular flexibility index (Phi) is 6.92. The van der Waals surface area contributed by atoms with Crippen molar-refractivity contribution in [2.24, 2.45) is 0 Å². The molecule has 1 fully saturated rings. The van der Waals surface area contributed by atoms with Gasteiger partial charge in [0.25, 0.3) is 0 Å². The lowest BCUT2D eigenvalue weighted by atomic mass is 10.1. The number of amides is 1. The smallest absolute Gasteiger partial charge is 0.238 e. The fraction of sp³-hybridized carbons (Fsp3) is 0.350. The van der Waals surface area contributed by atoms with Crippen LogP contribution in [0.1, 0.15) is 5.56 Å². The van der Waals surface area contributed by atoms with Gasteiger partial charge >= 0.3 is 0 Å². The summed E-state index contributed by atoms with van der Waals surface area (Å²) in [5.41, 5.74) is 1.93. The average molecular weight is 392 g/mol. The molecule has 138 valence electrons. The molecule has 0 aliphatic carbocycles. The third kappa shape index (κ3) is 5.71. The normalized spacial score (nSPS) is 15.8. The van der Waals surface area contributed by atoms with E-state index in [0.29, 0.717) is 22.3 Å². The molecule has 1 aliphatic rings. The van der Waals surface area contributed by atoms with E-state index in [1.54, 1.807) is 18.2 Å². The van der Waals surface area contributed by atoms with Crippen LogP contribution < -0.4 is 5.32 Å². The number of benzene rings is 2. The van der Waals surface area contributed by atoms with E-state index in [0.717, 1.165) is 39.1 Å². The van der Waals surface area contributed by atoms with Crippen molar-refractivity contribution in [1.29, 1.82) is 0 Å². The second-order valence-electron chi connectivity index (χ2n) is 6.53. The highest BCUT2D eigenvalue weighted by Crippen LogP contribution is 2.25. The minimum Gasteiger partial charge on any atom is -0.324 e. The fourth-order valence-electron chi connectivity index (χ4n) is 3.09. The molecule has 4 nitrogen and oxygen atoms in total. The summed E-state index contributed by atoms with van der Waals surface area (Å²) >= 11 is 12.1. The van der Waals surface area contributed by atoms with Crippen LogP contribution in [0.2, 0.25) is 10.0 Å². The van der Waals surface area contributed by atoms with Crippen LogP contribution in [0, 0.1) is 0 Å². The quantitative estimate of drug-likeness (QED) is 0.813. The number of piperazine rings is 1. The molecule has 2 aromatic carbocycles. The molecule has 0 atom stereocenters. The van der Waals surface area contributed by atoms with Crippen molar-refractivity contribution < 1.29 is 4.79 Å². The molecule has 0 aromatic heterocycles. The van der Waals surface area contributed by atoms with Gasteiger partial charge in [-0.15, -0.1) is 0 Å². The topological polar surface area (TPSA) is 35.6 Å². The van der Waals surface area contributed by atoms with Gasteiger partial charge in [0.15, 0.2) is 0 Å². The molecule has 26 heavy (non-hydrogen) atoms. The lowest BCUT2D eigenvalue weighted by Gasteiger charge is -2.34. The molecule has 6 heteroatoms. The second kappa shape index (κ2) is 9.38. The van der Waals surface area contributed by atoms with Crippen LogP contribution in [-0.4, -0.2) is 55.0 Å². The Morgan fingerprint density at radius 3 is 2.38 bits per heavy atom. The van der Waals surface area contributed by atoms with E-state index in [1.165, 1.54) is 5.56 Å². The maximum absolute atomic E-state index is 12.3. The van der Waals surface area contributed by atoms with Crippen LogP contribution in [0.5, 0.6) is 0 Å². The monoisotopic (exact) mass is 391 g/mol. The summed E-state index contributed by atoms with van der Waals surface area (Å²) in [6.45, 7) is 5.19. The summed E-state index contributed by atoms with van der Waals surface area (Å²) in [6, 6.07) is 15.6. The van der Waals surface area contributed by atoms with Crippen molar-refractivity contribution in [3.63, 3.8) is 0 Å². The highest BCUT2D eigenvalue weighted by molar-refractivity contribution is 6.35. The Balaban J connectivity index is 1.40. The molecular weight excluding hydrogens is 369 g/mol. The largest absolute Gasteiger partial charge is 0.324 e. The zero-order chi connectivity index (χ0) is 18.4. The zero-order valence-corrected chi connectivity index (χ0v) is 16.1. The van der Waals surface area contributed by atoms with Gasteiger partial charge in [0.1, 0.15) is 0 Å². The van der Waals surface area contributed by atoms with Gasteiger partial charge in [0, 0.05) is 37.7 Å². The lowest BCUT2D eigenvalue weighted by molar-refractivity contribution is -0.117. The molecule has 1 aliphatic heterocycles. The van der Waals surface area contributed by atoms with Crippen molar-refractivity contribution in [1.82, 2.24) is 9.80 Å².